The maximum absolute atomic E-state index is 14.7. The Morgan fingerprint density at radius 2 is 1.54 bits per heavy atom. The first-order chi connectivity index (χ1) is 24.1. The number of carboxylic acids is 1. The Bertz CT molecular complexity index is 1560. The molecule has 5 fully saturated rings. The molecule has 0 spiro atoms. The fraction of sp³-hybridized carbons (Fsp3) is 0.833. The van der Waals surface area contributed by atoms with Crippen LogP contribution in [0.2, 0.25) is 0 Å². The number of carbonyl (C=O) groups is 5. The zero-order valence-electron chi connectivity index (χ0n) is 33.5. The summed E-state index contributed by atoms with van der Waals surface area (Å²) in [6, 6.07) is 0. The molecule has 9 nitrogen and oxygen atoms in total. The molecule has 1 aliphatic heterocycles. The van der Waals surface area contributed by atoms with E-state index >= 15 is 0 Å². The van der Waals surface area contributed by atoms with E-state index in [0.717, 1.165) is 69.2 Å². The highest BCUT2D eigenvalue weighted by molar-refractivity contribution is 7.96. The van der Waals surface area contributed by atoms with Crippen LogP contribution in [0, 0.1) is 56.2 Å². The van der Waals surface area contributed by atoms with Gasteiger partial charge in [-0.1, -0.05) is 60.4 Å². The van der Waals surface area contributed by atoms with Gasteiger partial charge in [-0.25, -0.2) is 4.31 Å². The van der Waals surface area contributed by atoms with Gasteiger partial charge in [0.05, 0.1) is 17.3 Å². The lowest BCUT2D eigenvalue weighted by Crippen LogP contribution is -2.66. The van der Waals surface area contributed by atoms with Gasteiger partial charge in [0.15, 0.2) is 5.78 Å². The zero-order chi connectivity index (χ0) is 38.4. The number of carboxylic acid groups (broad SMARTS) is 1. The number of Topliss-reactive ketones (excluding diaryl/α,β-unsaturated/α-hetero) is 2. The Kier molecular flexibility index (Phi) is 10.0. The Balaban J connectivity index is 1.29. The Morgan fingerprint density at radius 1 is 0.885 bits per heavy atom. The maximum atomic E-state index is 14.7. The van der Waals surface area contributed by atoms with E-state index in [-0.39, 0.29) is 64.0 Å². The van der Waals surface area contributed by atoms with Gasteiger partial charge in [0.1, 0.15) is 6.10 Å². The number of ketones is 2. The van der Waals surface area contributed by atoms with Crippen LogP contribution in [0.4, 0.5) is 0 Å². The van der Waals surface area contributed by atoms with Crippen molar-refractivity contribution in [3.63, 3.8) is 0 Å². The Morgan fingerprint density at radius 3 is 2.13 bits per heavy atom. The highest BCUT2D eigenvalue weighted by Crippen LogP contribution is 2.77. The molecule has 6 aliphatic rings. The minimum atomic E-state index is -1.18. The van der Waals surface area contributed by atoms with Gasteiger partial charge >= 0.3 is 11.9 Å². The lowest BCUT2D eigenvalue weighted by atomic mass is 9.33. The number of fused-ring (bicyclic) bond motifs is 7. The second-order valence-corrected chi connectivity index (χ2v) is 20.6. The number of rotatable bonds is 8. The number of allylic oxidation sites excluding steroid dienone is 2. The minimum absolute atomic E-state index is 0.00766. The van der Waals surface area contributed by atoms with Crippen LogP contribution >= 0.6 is 11.9 Å². The second kappa shape index (κ2) is 13.2. The van der Waals surface area contributed by atoms with E-state index in [0.29, 0.717) is 31.3 Å². The van der Waals surface area contributed by atoms with Gasteiger partial charge in [-0.2, -0.15) is 0 Å². The average Bonchev–Trinajstić information content (AvgIpc) is 3.38. The van der Waals surface area contributed by atoms with E-state index in [9.17, 15) is 29.1 Å². The smallest absolute Gasteiger partial charge is 0.309 e. The molecule has 0 aromatic heterocycles. The number of hydrogen-bond donors (Lipinski definition) is 1. The van der Waals surface area contributed by atoms with Crippen molar-refractivity contribution in [2.24, 2.45) is 56.2 Å². The summed E-state index contributed by atoms with van der Waals surface area (Å²) in [7, 11) is 0. The van der Waals surface area contributed by atoms with E-state index in [1.54, 1.807) is 30.7 Å². The topological polar surface area (TPSA) is 121 Å². The number of aliphatic carboxylic acids is 1. The van der Waals surface area contributed by atoms with Crippen molar-refractivity contribution in [1.29, 1.82) is 0 Å². The summed E-state index contributed by atoms with van der Waals surface area (Å²) in [4.78, 5) is 69.3. The largest absolute Gasteiger partial charge is 0.481 e. The van der Waals surface area contributed by atoms with Gasteiger partial charge in [0.25, 0.3) is 5.91 Å². The van der Waals surface area contributed by atoms with Crippen molar-refractivity contribution in [3.05, 3.63) is 11.1 Å². The van der Waals surface area contributed by atoms with Gasteiger partial charge < -0.3 is 14.7 Å². The summed E-state index contributed by atoms with van der Waals surface area (Å²) >= 11 is 1.67. The fourth-order valence-corrected chi connectivity index (χ4v) is 13.7. The Hall–Kier alpha value is -2.20. The number of hydrogen-bond acceptors (Lipinski definition) is 8. The SMILES string of the molecule is CSN1CCN(C(=O)C(=O)C23CCC4(C)C(CCC5C6(C)CCC(OC(=O)CC(C)(C)C(=O)O)C(C)(C)C6CCC54C)C2=C(C(C)C)C(=O)C3)CC1. The van der Waals surface area contributed by atoms with E-state index < -0.39 is 28.7 Å². The predicted molar refractivity (Wildman–Crippen MR) is 202 cm³/mol. The summed E-state index contributed by atoms with van der Waals surface area (Å²) in [6.45, 7) is 21.7. The van der Waals surface area contributed by atoms with Gasteiger partial charge in [0.2, 0.25) is 5.78 Å². The van der Waals surface area contributed by atoms with Crippen LogP contribution in [0.15, 0.2) is 11.1 Å². The highest BCUT2D eigenvalue weighted by atomic mass is 32.2. The quantitative estimate of drug-likeness (QED) is 0.155. The van der Waals surface area contributed by atoms with Crippen molar-refractivity contribution < 1.29 is 33.8 Å². The molecule has 6 rings (SSSR count). The molecule has 1 N–H and O–H groups in total. The summed E-state index contributed by atoms with van der Waals surface area (Å²) in [5.74, 6) is -1.35. The Labute approximate surface area is 315 Å². The molecule has 8 atom stereocenters. The van der Waals surface area contributed by atoms with E-state index in [2.05, 4.69) is 52.8 Å². The van der Waals surface area contributed by atoms with Crippen LogP contribution in [-0.2, 0) is 28.7 Å². The van der Waals surface area contributed by atoms with Crippen LogP contribution in [0.1, 0.15) is 127 Å². The molecule has 0 aromatic carbocycles. The van der Waals surface area contributed by atoms with Crippen LogP contribution < -0.4 is 0 Å². The number of carbonyl (C=O) groups excluding carboxylic acids is 4. The summed E-state index contributed by atoms with van der Waals surface area (Å²) < 4.78 is 8.37. The normalized spacial score (nSPS) is 39.0. The molecule has 1 amide bonds. The summed E-state index contributed by atoms with van der Waals surface area (Å²) in [6.07, 6.45) is 8.68. The van der Waals surface area contributed by atoms with Crippen LogP contribution in [-0.4, -0.2) is 82.3 Å². The number of ether oxygens (including phenoxy) is 1. The molecule has 0 bridgehead atoms. The molecule has 8 unspecified atom stereocenters. The average molecular weight is 741 g/mol. The molecule has 52 heavy (non-hydrogen) atoms. The third-order valence-corrected chi connectivity index (χ3v) is 17.1. The molecular formula is C42H64N2O7S. The molecule has 0 aromatic rings. The van der Waals surface area contributed by atoms with Gasteiger partial charge in [-0.3, -0.25) is 24.0 Å². The first-order valence-electron chi connectivity index (χ1n) is 19.9. The fourth-order valence-electron chi connectivity index (χ4n) is 13.1. The molecule has 10 heteroatoms. The molecule has 0 radical (unpaired) electrons. The number of nitrogens with zero attached hydrogens (tertiary/aromatic N) is 2. The molecule has 5 aliphatic carbocycles. The third-order valence-electron chi connectivity index (χ3n) is 16.2. The van der Waals surface area contributed by atoms with Crippen LogP contribution in [0.5, 0.6) is 0 Å². The number of amides is 1. The van der Waals surface area contributed by atoms with Crippen molar-refractivity contribution in [3.8, 4) is 0 Å². The molecule has 4 saturated carbocycles. The van der Waals surface area contributed by atoms with E-state index in [4.69, 9.17) is 4.74 Å². The molecule has 1 heterocycles. The lowest BCUT2D eigenvalue weighted by Gasteiger charge is -2.72. The monoisotopic (exact) mass is 740 g/mol. The van der Waals surface area contributed by atoms with Gasteiger partial charge in [0, 0.05) is 38.0 Å². The van der Waals surface area contributed by atoms with Gasteiger partial charge in [-0.05, 0) is 123 Å². The second-order valence-electron chi connectivity index (χ2n) is 19.7. The first kappa shape index (κ1) is 39.5. The van der Waals surface area contributed by atoms with Crippen molar-refractivity contribution in [2.75, 3.05) is 32.4 Å². The number of esters is 1. The number of piperazine rings is 1. The van der Waals surface area contributed by atoms with E-state index in [1.165, 1.54) is 0 Å². The van der Waals surface area contributed by atoms with Crippen LogP contribution in [0.3, 0.4) is 0 Å². The first-order valence-corrected chi connectivity index (χ1v) is 21.1. The summed E-state index contributed by atoms with van der Waals surface area (Å²) in [5, 5.41) is 9.60. The third kappa shape index (κ3) is 5.76. The van der Waals surface area contributed by atoms with E-state index in [1.807, 2.05) is 6.26 Å². The van der Waals surface area contributed by atoms with Crippen molar-refractivity contribution in [1.82, 2.24) is 9.21 Å². The molecule has 290 valence electrons. The predicted octanol–water partition coefficient (Wildman–Crippen LogP) is 7.37. The molecular weight excluding hydrogens is 677 g/mol. The summed E-state index contributed by atoms with van der Waals surface area (Å²) in [5.41, 5.74) is -0.826. The lowest BCUT2D eigenvalue weighted by molar-refractivity contribution is -0.233. The van der Waals surface area contributed by atoms with Crippen molar-refractivity contribution in [2.45, 2.75) is 133 Å². The van der Waals surface area contributed by atoms with Crippen molar-refractivity contribution >= 4 is 41.4 Å². The van der Waals surface area contributed by atoms with Gasteiger partial charge in [-0.15, -0.1) is 0 Å². The minimum Gasteiger partial charge on any atom is -0.481 e. The zero-order valence-corrected chi connectivity index (χ0v) is 34.3. The molecule has 1 saturated heterocycles. The highest BCUT2D eigenvalue weighted by Gasteiger charge is 2.71. The standard InChI is InChI=1S/C42H64N2O7S/c1-25(2)32-27(45)23-42(34(47)35(48)43-19-21-44(52-10)22-20-43)18-17-40(8)26(33(32)42)11-12-29-39(7)15-14-30(51-31(46)24-37(3,4)36(49)50)38(5,6)28(39)13-16-41(29,40)9/h25-26,28-30H,11-24H2,1-10H3,(H,49,50). The van der Waals surface area contributed by atoms with Crippen LogP contribution in [0.25, 0.3) is 0 Å². The maximum Gasteiger partial charge on any atom is 0.309 e.